The molecular weight excluding hydrogens is 267 g/mol. The topological polar surface area (TPSA) is 52.0 Å². The van der Waals surface area contributed by atoms with Gasteiger partial charge in [-0.3, -0.25) is 0 Å². The number of anilines is 1. The lowest BCUT2D eigenvalue weighted by Gasteiger charge is -1.99. The number of rotatable bonds is 1. The van der Waals surface area contributed by atoms with Gasteiger partial charge in [0.25, 0.3) is 0 Å². The SMILES string of the molecule is Cc1ccc(F)c(-c2nc3cc(Cl)c(N)cc3o2)c1. The second-order valence-electron chi connectivity index (χ2n) is 4.34. The Balaban J connectivity index is 2.23. The summed E-state index contributed by atoms with van der Waals surface area (Å²) in [7, 11) is 0. The number of hydrogen-bond donors (Lipinski definition) is 1. The van der Waals surface area contributed by atoms with E-state index in [0.717, 1.165) is 5.56 Å². The first-order valence-electron chi connectivity index (χ1n) is 5.66. The number of aromatic nitrogens is 1. The summed E-state index contributed by atoms with van der Waals surface area (Å²) >= 11 is 5.92. The molecule has 2 aromatic carbocycles. The normalized spacial score (nSPS) is 11.1. The van der Waals surface area contributed by atoms with Gasteiger partial charge in [0.2, 0.25) is 5.89 Å². The molecule has 1 heterocycles. The number of oxazole rings is 1. The molecule has 0 fully saturated rings. The zero-order valence-corrected chi connectivity index (χ0v) is 10.8. The molecule has 5 heteroatoms. The summed E-state index contributed by atoms with van der Waals surface area (Å²) in [4.78, 5) is 4.24. The molecule has 0 saturated heterocycles. The molecule has 3 nitrogen and oxygen atoms in total. The van der Waals surface area contributed by atoms with Crippen molar-refractivity contribution in [3.05, 3.63) is 46.7 Å². The second-order valence-corrected chi connectivity index (χ2v) is 4.75. The molecule has 0 atom stereocenters. The van der Waals surface area contributed by atoms with Crippen molar-refractivity contribution in [1.29, 1.82) is 0 Å². The quantitative estimate of drug-likeness (QED) is 0.678. The lowest BCUT2D eigenvalue weighted by Crippen LogP contribution is -1.85. The highest BCUT2D eigenvalue weighted by Gasteiger charge is 2.14. The molecule has 3 aromatic rings. The third-order valence-electron chi connectivity index (χ3n) is 2.86. The van der Waals surface area contributed by atoms with E-state index in [2.05, 4.69) is 4.98 Å². The van der Waals surface area contributed by atoms with Crippen LogP contribution >= 0.6 is 11.6 Å². The second kappa shape index (κ2) is 4.24. The van der Waals surface area contributed by atoms with Gasteiger partial charge < -0.3 is 10.2 Å². The Morgan fingerprint density at radius 2 is 2.05 bits per heavy atom. The zero-order chi connectivity index (χ0) is 13.6. The maximum atomic E-state index is 13.8. The van der Waals surface area contributed by atoms with Crippen molar-refractivity contribution in [1.82, 2.24) is 4.98 Å². The number of hydrogen-bond acceptors (Lipinski definition) is 3. The monoisotopic (exact) mass is 276 g/mol. The third kappa shape index (κ3) is 2.04. The Labute approximate surface area is 113 Å². The number of fused-ring (bicyclic) bond motifs is 1. The predicted molar refractivity (Wildman–Crippen MR) is 73.6 cm³/mol. The van der Waals surface area contributed by atoms with Gasteiger partial charge >= 0.3 is 0 Å². The zero-order valence-electron chi connectivity index (χ0n) is 10.1. The molecule has 2 N–H and O–H groups in total. The summed E-state index contributed by atoms with van der Waals surface area (Å²) in [5, 5.41) is 0.400. The van der Waals surface area contributed by atoms with Crippen molar-refractivity contribution in [3.8, 4) is 11.5 Å². The highest BCUT2D eigenvalue weighted by molar-refractivity contribution is 6.33. The summed E-state index contributed by atoms with van der Waals surface area (Å²) in [6.07, 6.45) is 0. The fourth-order valence-corrected chi connectivity index (χ4v) is 2.04. The molecule has 1 aromatic heterocycles. The van der Waals surface area contributed by atoms with Crippen molar-refractivity contribution in [2.45, 2.75) is 6.92 Å². The van der Waals surface area contributed by atoms with Crippen molar-refractivity contribution in [2.75, 3.05) is 5.73 Å². The van der Waals surface area contributed by atoms with Crippen molar-refractivity contribution < 1.29 is 8.81 Å². The lowest BCUT2D eigenvalue weighted by atomic mass is 10.1. The van der Waals surface area contributed by atoms with Gasteiger partial charge in [-0.15, -0.1) is 0 Å². The lowest BCUT2D eigenvalue weighted by molar-refractivity contribution is 0.593. The fraction of sp³-hybridized carbons (Fsp3) is 0.0714. The molecule has 96 valence electrons. The molecule has 0 spiro atoms. The average Bonchev–Trinajstić information content (AvgIpc) is 2.75. The Morgan fingerprint density at radius 1 is 1.26 bits per heavy atom. The number of nitrogens with zero attached hydrogens (tertiary/aromatic N) is 1. The van der Waals surface area contributed by atoms with Crippen LogP contribution in [0, 0.1) is 12.7 Å². The molecule has 0 radical (unpaired) electrons. The first kappa shape index (κ1) is 12.0. The number of nitrogen functional groups attached to an aromatic ring is 1. The number of halogens is 2. The Bertz CT molecular complexity index is 743. The Hall–Kier alpha value is -2.07. The smallest absolute Gasteiger partial charge is 0.230 e. The fourth-order valence-electron chi connectivity index (χ4n) is 1.88. The van der Waals surface area contributed by atoms with Gasteiger partial charge in [0.15, 0.2) is 5.58 Å². The maximum absolute atomic E-state index is 13.8. The van der Waals surface area contributed by atoms with E-state index >= 15 is 0 Å². The molecule has 0 amide bonds. The number of benzene rings is 2. The molecule has 19 heavy (non-hydrogen) atoms. The Kier molecular flexibility index (Phi) is 2.68. The van der Waals surface area contributed by atoms with E-state index < -0.39 is 0 Å². The molecule has 0 bridgehead atoms. The van der Waals surface area contributed by atoms with E-state index in [4.69, 9.17) is 21.8 Å². The van der Waals surface area contributed by atoms with Crippen LogP contribution in [0.3, 0.4) is 0 Å². The predicted octanol–water partition coefficient (Wildman–Crippen LogP) is 4.18. The van der Waals surface area contributed by atoms with E-state index in [1.54, 1.807) is 24.3 Å². The highest BCUT2D eigenvalue weighted by atomic mass is 35.5. The van der Waals surface area contributed by atoms with Crippen LogP contribution in [0.25, 0.3) is 22.6 Å². The van der Waals surface area contributed by atoms with Gasteiger partial charge in [0, 0.05) is 6.07 Å². The van der Waals surface area contributed by atoms with Crippen LogP contribution in [0.4, 0.5) is 10.1 Å². The summed E-state index contributed by atoms with van der Waals surface area (Å²) in [6, 6.07) is 7.96. The molecular formula is C14H10ClFN2O. The van der Waals surface area contributed by atoms with Gasteiger partial charge in [-0.1, -0.05) is 23.2 Å². The van der Waals surface area contributed by atoms with Crippen LogP contribution in [0.15, 0.2) is 34.7 Å². The Morgan fingerprint density at radius 3 is 2.84 bits per heavy atom. The van der Waals surface area contributed by atoms with Gasteiger partial charge in [-0.25, -0.2) is 9.37 Å². The molecule has 0 aliphatic heterocycles. The van der Waals surface area contributed by atoms with Crippen molar-refractivity contribution >= 4 is 28.4 Å². The van der Waals surface area contributed by atoms with Gasteiger partial charge in [-0.2, -0.15) is 0 Å². The summed E-state index contributed by atoms with van der Waals surface area (Å²) < 4.78 is 19.3. The summed E-state index contributed by atoms with van der Waals surface area (Å²) in [5.74, 6) is -0.158. The van der Waals surface area contributed by atoms with Crippen LogP contribution in [-0.2, 0) is 0 Å². The number of nitrogens with two attached hydrogens (primary N) is 1. The van der Waals surface area contributed by atoms with E-state index in [1.807, 2.05) is 6.92 Å². The standard InChI is InChI=1S/C14H10ClFN2O/c1-7-2-3-10(16)8(4-7)14-18-12-5-9(15)11(17)6-13(12)19-14/h2-6H,17H2,1H3. The van der Waals surface area contributed by atoms with E-state index in [-0.39, 0.29) is 11.7 Å². The first-order chi connectivity index (χ1) is 9.04. The van der Waals surface area contributed by atoms with Crippen molar-refractivity contribution in [2.24, 2.45) is 0 Å². The van der Waals surface area contributed by atoms with Crippen LogP contribution in [0.5, 0.6) is 0 Å². The van der Waals surface area contributed by atoms with E-state index in [0.29, 0.717) is 27.4 Å². The average molecular weight is 277 g/mol. The van der Waals surface area contributed by atoms with Crippen LogP contribution in [0.2, 0.25) is 5.02 Å². The third-order valence-corrected chi connectivity index (χ3v) is 3.19. The van der Waals surface area contributed by atoms with Gasteiger partial charge in [-0.05, 0) is 25.1 Å². The maximum Gasteiger partial charge on any atom is 0.230 e. The minimum absolute atomic E-state index is 0.220. The van der Waals surface area contributed by atoms with Crippen LogP contribution in [-0.4, -0.2) is 4.98 Å². The largest absolute Gasteiger partial charge is 0.436 e. The van der Waals surface area contributed by atoms with Gasteiger partial charge in [0.1, 0.15) is 11.3 Å². The van der Waals surface area contributed by atoms with Crippen LogP contribution < -0.4 is 5.73 Å². The van der Waals surface area contributed by atoms with E-state index in [9.17, 15) is 4.39 Å². The molecule has 0 aliphatic rings. The molecule has 0 saturated carbocycles. The first-order valence-corrected chi connectivity index (χ1v) is 6.04. The summed E-state index contributed by atoms with van der Waals surface area (Å²) in [5.41, 5.74) is 8.39. The minimum Gasteiger partial charge on any atom is -0.436 e. The van der Waals surface area contributed by atoms with Gasteiger partial charge in [0.05, 0.1) is 16.3 Å². The highest BCUT2D eigenvalue weighted by Crippen LogP contribution is 2.31. The van der Waals surface area contributed by atoms with Crippen molar-refractivity contribution in [3.63, 3.8) is 0 Å². The summed E-state index contributed by atoms with van der Waals surface area (Å²) in [6.45, 7) is 1.88. The minimum atomic E-state index is -0.378. The molecule has 0 unspecified atom stereocenters. The number of aryl methyl sites for hydroxylation is 1. The van der Waals surface area contributed by atoms with Crippen LogP contribution in [0.1, 0.15) is 5.56 Å². The molecule has 3 rings (SSSR count). The van der Waals surface area contributed by atoms with E-state index in [1.165, 1.54) is 6.07 Å². The molecule has 0 aliphatic carbocycles.